The molecule has 2 aromatic rings. The summed E-state index contributed by atoms with van der Waals surface area (Å²) in [5, 5.41) is 5.88. The van der Waals surface area contributed by atoms with E-state index in [1.807, 2.05) is 26.0 Å². The van der Waals surface area contributed by atoms with Crippen molar-refractivity contribution in [2.24, 2.45) is 0 Å². The van der Waals surface area contributed by atoms with E-state index < -0.39 is 9.84 Å². The maximum Gasteiger partial charge on any atom is 0.270 e. The first-order valence-corrected chi connectivity index (χ1v) is 10.2. The van der Waals surface area contributed by atoms with Gasteiger partial charge in [-0.2, -0.15) is 0 Å². The number of sulfone groups is 1. The number of nitrogens with one attached hydrogen (secondary N) is 2. The highest BCUT2D eigenvalue weighted by Gasteiger charge is 2.29. The molecule has 1 aliphatic heterocycles. The topological polar surface area (TPSA) is 101 Å². The number of hydrogen-bond donors (Lipinski definition) is 2. The summed E-state index contributed by atoms with van der Waals surface area (Å²) in [5.74, 6) is 0.0387. The van der Waals surface area contributed by atoms with Crippen LogP contribution in [0.5, 0.6) is 0 Å². The molecule has 1 unspecified atom stereocenters. The van der Waals surface area contributed by atoms with Gasteiger partial charge in [0.25, 0.3) is 5.91 Å². The van der Waals surface area contributed by atoms with Gasteiger partial charge in [0.1, 0.15) is 5.69 Å². The molecular formula is C18H22N4O3S. The molecule has 1 atom stereocenters. The average Bonchev–Trinajstić information content (AvgIpc) is 2.84. The van der Waals surface area contributed by atoms with E-state index in [4.69, 9.17) is 0 Å². The van der Waals surface area contributed by atoms with Crippen molar-refractivity contribution >= 4 is 27.4 Å². The van der Waals surface area contributed by atoms with Crippen molar-refractivity contribution < 1.29 is 13.2 Å². The minimum Gasteiger partial charge on any atom is -0.347 e. The summed E-state index contributed by atoms with van der Waals surface area (Å²) in [6.45, 7) is 5.79. The third-order valence-electron chi connectivity index (χ3n) is 4.13. The molecule has 1 saturated heterocycles. The zero-order valence-electron chi connectivity index (χ0n) is 15.0. The summed E-state index contributed by atoms with van der Waals surface area (Å²) in [5.41, 5.74) is 3.94. The maximum absolute atomic E-state index is 12.5. The SMILES string of the molecule is Cc1cc(C)cc(Nc2nc(C)cc(C(=O)NC3CCS(=O)(=O)C3)n2)c1. The molecule has 1 amide bonds. The second-order valence-electron chi connectivity index (χ2n) is 6.79. The smallest absolute Gasteiger partial charge is 0.270 e. The van der Waals surface area contributed by atoms with E-state index in [0.717, 1.165) is 16.8 Å². The second kappa shape index (κ2) is 7.03. The zero-order chi connectivity index (χ0) is 18.9. The van der Waals surface area contributed by atoms with Crippen molar-refractivity contribution in [3.63, 3.8) is 0 Å². The molecule has 1 fully saturated rings. The molecule has 2 heterocycles. The largest absolute Gasteiger partial charge is 0.347 e. The van der Waals surface area contributed by atoms with Crippen LogP contribution in [0.1, 0.15) is 33.7 Å². The monoisotopic (exact) mass is 374 g/mol. The van der Waals surface area contributed by atoms with Gasteiger partial charge in [0.15, 0.2) is 9.84 Å². The molecular weight excluding hydrogens is 352 g/mol. The maximum atomic E-state index is 12.5. The Hall–Kier alpha value is -2.48. The number of rotatable bonds is 4. The van der Waals surface area contributed by atoms with Gasteiger partial charge >= 0.3 is 0 Å². The van der Waals surface area contributed by atoms with Crippen LogP contribution in [-0.2, 0) is 9.84 Å². The number of hydrogen-bond acceptors (Lipinski definition) is 6. The Morgan fingerprint density at radius 1 is 1.08 bits per heavy atom. The molecule has 3 rings (SSSR count). The third-order valence-corrected chi connectivity index (χ3v) is 5.90. The van der Waals surface area contributed by atoms with Crippen molar-refractivity contribution in [2.75, 3.05) is 16.8 Å². The van der Waals surface area contributed by atoms with Crippen molar-refractivity contribution in [1.82, 2.24) is 15.3 Å². The van der Waals surface area contributed by atoms with E-state index in [0.29, 0.717) is 18.1 Å². The lowest BCUT2D eigenvalue weighted by Crippen LogP contribution is -2.36. The van der Waals surface area contributed by atoms with Crippen LogP contribution in [0.15, 0.2) is 24.3 Å². The molecule has 0 spiro atoms. The minimum atomic E-state index is -3.05. The Morgan fingerprint density at radius 3 is 2.38 bits per heavy atom. The molecule has 1 aromatic heterocycles. The molecule has 1 aliphatic rings. The van der Waals surface area contributed by atoms with E-state index in [1.54, 1.807) is 13.0 Å². The van der Waals surface area contributed by atoms with Gasteiger partial charge in [-0.3, -0.25) is 4.79 Å². The first-order valence-electron chi connectivity index (χ1n) is 8.42. The van der Waals surface area contributed by atoms with Gasteiger partial charge in [-0.15, -0.1) is 0 Å². The predicted molar refractivity (Wildman–Crippen MR) is 100 cm³/mol. The molecule has 138 valence electrons. The number of aryl methyl sites for hydroxylation is 3. The van der Waals surface area contributed by atoms with Crippen LogP contribution in [0.2, 0.25) is 0 Å². The van der Waals surface area contributed by atoms with Crippen LogP contribution in [0.4, 0.5) is 11.6 Å². The van der Waals surface area contributed by atoms with Crippen LogP contribution in [0, 0.1) is 20.8 Å². The summed E-state index contributed by atoms with van der Waals surface area (Å²) in [6.07, 6.45) is 0.436. The van der Waals surface area contributed by atoms with E-state index >= 15 is 0 Å². The minimum absolute atomic E-state index is 0.0174. The first kappa shape index (κ1) is 18.3. The quantitative estimate of drug-likeness (QED) is 0.849. The summed E-state index contributed by atoms with van der Waals surface area (Å²) in [7, 11) is -3.05. The molecule has 0 aliphatic carbocycles. The van der Waals surface area contributed by atoms with Gasteiger partial charge in [-0.05, 0) is 56.5 Å². The summed E-state index contributed by atoms with van der Waals surface area (Å²) in [4.78, 5) is 21.1. The highest BCUT2D eigenvalue weighted by atomic mass is 32.2. The van der Waals surface area contributed by atoms with Crippen molar-refractivity contribution in [1.29, 1.82) is 0 Å². The standard InChI is InChI=1S/C18H22N4O3S/c1-11-6-12(2)8-15(7-11)21-18-19-13(3)9-16(22-18)17(23)20-14-4-5-26(24,25)10-14/h6-9,14H,4-5,10H2,1-3H3,(H,20,23)(H,19,21,22). The first-order chi connectivity index (χ1) is 12.2. The van der Waals surface area contributed by atoms with Crippen LogP contribution in [0.25, 0.3) is 0 Å². The number of aromatic nitrogens is 2. The fraction of sp³-hybridized carbons (Fsp3) is 0.389. The van der Waals surface area contributed by atoms with E-state index in [9.17, 15) is 13.2 Å². The molecule has 0 saturated carbocycles. The lowest BCUT2D eigenvalue weighted by atomic mass is 10.1. The fourth-order valence-corrected chi connectivity index (χ4v) is 4.76. The van der Waals surface area contributed by atoms with Gasteiger partial charge in [0.2, 0.25) is 5.95 Å². The Labute approximate surface area is 153 Å². The second-order valence-corrected chi connectivity index (χ2v) is 9.02. The summed E-state index contributed by atoms with van der Waals surface area (Å²) < 4.78 is 23.1. The fourth-order valence-electron chi connectivity index (χ4n) is 3.08. The van der Waals surface area contributed by atoms with Gasteiger partial charge in [0.05, 0.1) is 11.5 Å². The number of anilines is 2. The number of carbonyl (C=O) groups excluding carboxylic acids is 1. The Kier molecular flexibility index (Phi) is 4.95. The highest BCUT2D eigenvalue weighted by molar-refractivity contribution is 7.91. The molecule has 0 bridgehead atoms. The molecule has 2 N–H and O–H groups in total. The highest BCUT2D eigenvalue weighted by Crippen LogP contribution is 2.18. The summed E-state index contributed by atoms with van der Waals surface area (Å²) >= 11 is 0. The van der Waals surface area contributed by atoms with E-state index in [2.05, 4.69) is 26.7 Å². The lowest BCUT2D eigenvalue weighted by Gasteiger charge is -2.12. The molecule has 26 heavy (non-hydrogen) atoms. The van der Waals surface area contributed by atoms with Crippen molar-refractivity contribution in [3.05, 3.63) is 46.8 Å². The average molecular weight is 374 g/mol. The molecule has 0 radical (unpaired) electrons. The van der Waals surface area contributed by atoms with Crippen molar-refractivity contribution in [2.45, 2.75) is 33.2 Å². The van der Waals surface area contributed by atoms with Gasteiger partial charge in [-0.1, -0.05) is 6.07 Å². The van der Waals surface area contributed by atoms with Gasteiger partial charge < -0.3 is 10.6 Å². The Morgan fingerprint density at radius 2 is 1.77 bits per heavy atom. The van der Waals surface area contributed by atoms with Crippen LogP contribution in [-0.4, -0.2) is 41.8 Å². The lowest BCUT2D eigenvalue weighted by molar-refractivity contribution is 0.0936. The number of nitrogens with zero attached hydrogens (tertiary/aromatic N) is 2. The van der Waals surface area contributed by atoms with Crippen LogP contribution < -0.4 is 10.6 Å². The summed E-state index contributed by atoms with van der Waals surface area (Å²) in [6, 6.07) is 7.24. The van der Waals surface area contributed by atoms with Crippen LogP contribution >= 0.6 is 0 Å². The van der Waals surface area contributed by atoms with Crippen molar-refractivity contribution in [3.8, 4) is 0 Å². The number of amides is 1. The van der Waals surface area contributed by atoms with Crippen LogP contribution in [0.3, 0.4) is 0 Å². The molecule has 8 heteroatoms. The van der Waals surface area contributed by atoms with E-state index in [1.165, 1.54) is 0 Å². The predicted octanol–water partition coefficient (Wildman–Crippen LogP) is 2.06. The third kappa shape index (κ3) is 4.57. The number of benzene rings is 1. The zero-order valence-corrected chi connectivity index (χ0v) is 15.9. The molecule has 7 nitrogen and oxygen atoms in total. The Bertz CT molecular complexity index is 937. The number of carbonyl (C=O) groups is 1. The van der Waals surface area contributed by atoms with Gasteiger partial charge in [0, 0.05) is 17.4 Å². The molecule has 1 aromatic carbocycles. The van der Waals surface area contributed by atoms with E-state index in [-0.39, 0.29) is 29.1 Å². The van der Waals surface area contributed by atoms with Gasteiger partial charge in [-0.25, -0.2) is 18.4 Å². The Balaban J connectivity index is 1.77. The normalized spacial score (nSPS) is 18.5.